The van der Waals surface area contributed by atoms with E-state index in [2.05, 4.69) is 25.9 Å². The first-order valence-corrected chi connectivity index (χ1v) is 12.8. The fraction of sp³-hybridized carbons (Fsp3) is 0.367. The van der Waals surface area contributed by atoms with Crippen LogP contribution < -0.4 is 10.0 Å². The van der Waals surface area contributed by atoms with Crippen molar-refractivity contribution >= 4 is 17.4 Å². The van der Waals surface area contributed by atoms with Crippen molar-refractivity contribution < 1.29 is 19.6 Å². The molecule has 1 N–H and O–H groups in total. The fourth-order valence-electron chi connectivity index (χ4n) is 4.82. The second-order valence-corrected chi connectivity index (χ2v) is 11.0. The van der Waals surface area contributed by atoms with Crippen molar-refractivity contribution in [1.82, 2.24) is 14.7 Å². The summed E-state index contributed by atoms with van der Waals surface area (Å²) in [4.78, 5) is 29.4. The molecular weight excluding hydrogens is 464 g/mol. The summed E-state index contributed by atoms with van der Waals surface area (Å²) in [7, 11) is 4.10. The van der Waals surface area contributed by atoms with Crippen molar-refractivity contribution in [3.63, 3.8) is 0 Å². The van der Waals surface area contributed by atoms with Gasteiger partial charge in [0, 0.05) is 29.8 Å². The number of rotatable bonds is 7. The first-order chi connectivity index (χ1) is 17.5. The monoisotopic (exact) mass is 500 g/mol. The minimum absolute atomic E-state index is 0.00132. The number of aromatic nitrogens is 2. The summed E-state index contributed by atoms with van der Waals surface area (Å²) < 4.78 is 1.68. The number of benzene rings is 2. The maximum absolute atomic E-state index is 13.9. The number of para-hydroxylation sites is 1. The second-order valence-electron chi connectivity index (χ2n) is 11.0. The van der Waals surface area contributed by atoms with Gasteiger partial charge >= 0.3 is 0 Å². The van der Waals surface area contributed by atoms with E-state index in [4.69, 9.17) is 0 Å². The zero-order valence-corrected chi connectivity index (χ0v) is 22.5. The van der Waals surface area contributed by atoms with Gasteiger partial charge in [-0.3, -0.25) is 9.59 Å². The van der Waals surface area contributed by atoms with Gasteiger partial charge in [0.05, 0.1) is 38.6 Å². The van der Waals surface area contributed by atoms with E-state index in [1.54, 1.807) is 16.5 Å². The summed E-state index contributed by atoms with van der Waals surface area (Å²) in [6, 6.07) is 16.7. The number of quaternary nitrogens is 1. The van der Waals surface area contributed by atoms with Crippen molar-refractivity contribution in [2.45, 2.75) is 45.6 Å². The van der Waals surface area contributed by atoms with E-state index in [-0.39, 0.29) is 11.0 Å². The minimum atomic E-state index is -0.724. The summed E-state index contributed by atoms with van der Waals surface area (Å²) >= 11 is 0. The van der Waals surface area contributed by atoms with Gasteiger partial charge in [-0.2, -0.15) is 5.10 Å². The molecule has 4 rings (SSSR count). The smallest absolute Gasteiger partial charge is 0.295 e. The summed E-state index contributed by atoms with van der Waals surface area (Å²) in [6.45, 7) is 9.46. The molecule has 1 aliphatic rings. The number of hydrogen-bond donors (Lipinski definition) is 1. The third kappa shape index (κ3) is 5.23. The van der Waals surface area contributed by atoms with Crippen LogP contribution >= 0.6 is 0 Å². The first-order valence-electron chi connectivity index (χ1n) is 12.8. The lowest BCUT2D eigenvalue weighted by atomic mass is 9.85. The predicted octanol–water partition coefficient (Wildman–Crippen LogP) is 2.24. The Morgan fingerprint density at radius 3 is 2.27 bits per heavy atom. The fourth-order valence-corrected chi connectivity index (χ4v) is 4.82. The predicted molar refractivity (Wildman–Crippen MR) is 142 cm³/mol. The molecule has 1 aromatic heterocycles. The van der Waals surface area contributed by atoms with E-state index in [1.807, 2.05) is 68.7 Å². The normalized spacial score (nSPS) is 17.7. The molecule has 7 nitrogen and oxygen atoms in total. The lowest BCUT2D eigenvalue weighted by molar-refractivity contribution is -0.858. The average Bonchev–Trinajstić information content (AvgIpc) is 3.36. The van der Waals surface area contributed by atoms with Gasteiger partial charge in [-0.25, -0.2) is 4.68 Å². The molecule has 0 bridgehead atoms. The highest BCUT2D eigenvalue weighted by atomic mass is 16.3. The molecular formula is C30H36N4O3. The molecule has 1 atom stereocenters. The third-order valence-electron chi connectivity index (χ3n) is 6.95. The Balaban J connectivity index is 1.81. The number of Topliss-reactive ketones (excluding diaryl/α,β-unsaturated/α-hetero) is 1. The van der Waals surface area contributed by atoms with E-state index in [0.29, 0.717) is 17.8 Å². The van der Waals surface area contributed by atoms with Crippen LogP contribution in [0.2, 0.25) is 0 Å². The van der Waals surface area contributed by atoms with Crippen LogP contribution in [-0.4, -0.2) is 53.6 Å². The van der Waals surface area contributed by atoms with Gasteiger partial charge in [-0.15, -0.1) is 0 Å². The van der Waals surface area contributed by atoms with Crippen molar-refractivity contribution in [3.05, 3.63) is 88.8 Å². The van der Waals surface area contributed by atoms with Crippen LogP contribution in [0, 0.1) is 6.92 Å². The largest absolute Gasteiger partial charge is 0.872 e. The molecule has 0 radical (unpaired) electrons. The minimum Gasteiger partial charge on any atom is -0.872 e. The second kappa shape index (κ2) is 10.3. The van der Waals surface area contributed by atoms with E-state index in [9.17, 15) is 14.7 Å². The molecule has 0 aliphatic carbocycles. The maximum atomic E-state index is 13.9. The highest BCUT2D eigenvalue weighted by molar-refractivity contribution is 6.46. The Bertz CT molecular complexity index is 1320. The van der Waals surface area contributed by atoms with Crippen molar-refractivity contribution in [2.24, 2.45) is 0 Å². The number of ketones is 1. The highest BCUT2D eigenvalue weighted by Crippen LogP contribution is 2.39. The van der Waals surface area contributed by atoms with Crippen LogP contribution in [0.5, 0.6) is 0 Å². The van der Waals surface area contributed by atoms with Crippen LogP contribution in [0.4, 0.5) is 0 Å². The van der Waals surface area contributed by atoms with Gasteiger partial charge < -0.3 is 14.9 Å². The maximum Gasteiger partial charge on any atom is 0.295 e. The molecule has 2 heterocycles. The molecule has 1 unspecified atom stereocenters. The molecule has 3 aromatic rings. The summed E-state index contributed by atoms with van der Waals surface area (Å²) in [5, 5.41) is 18.3. The van der Waals surface area contributed by atoms with Crippen molar-refractivity contribution in [1.29, 1.82) is 0 Å². The lowest BCUT2D eigenvalue weighted by Crippen LogP contribution is -3.05. The molecule has 194 valence electrons. The topological polar surface area (TPSA) is 82.7 Å². The number of hydrogen-bond acceptors (Lipinski definition) is 4. The quantitative estimate of drug-likeness (QED) is 0.306. The number of amides is 1. The highest BCUT2D eigenvalue weighted by Gasteiger charge is 2.44. The molecule has 0 saturated carbocycles. The molecule has 1 saturated heterocycles. The number of nitrogens with one attached hydrogen (secondary N) is 1. The standard InChI is InChI=1S/C30H36N4O3/c1-20-24(19-31-34(20)23-11-8-7-9-12-23)27(35)25-26(21-13-15-22(16-14-21)30(2,3)4)33(29(37)28(25)36)18-10-17-32(5)6/h7-9,11-16,19,26,35H,10,17-18H2,1-6H3. The Kier molecular flexibility index (Phi) is 7.37. The van der Waals surface area contributed by atoms with Gasteiger partial charge in [0.2, 0.25) is 5.78 Å². The van der Waals surface area contributed by atoms with Crippen LogP contribution in [0.15, 0.2) is 66.4 Å². The lowest BCUT2D eigenvalue weighted by Gasteiger charge is -2.28. The summed E-state index contributed by atoms with van der Waals surface area (Å²) in [6.07, 6.45) is 2.22. The zero-order chi connectivity index (χ0) is 26.9. The van der Waals surface area contributed by atoms with Crippen molar-refractivity contribution in [3.8, 4) is 5.69 Å². The van der Waals surface area contributed by atoms with Crippen LogP contribution in [0.3, 0.4) is 0 Å². The Hall–Kier alpha value is -3.71. The third-order valence-corrected chi connectivity index (χ3v) is 6.95. The molecule has 7 heteroatoms. The Morgan fingerprint density at radius 1 is 1.03 bits per heavy atom. The van der Waals surface area contributed by atoms with E-state index < -0.39 is 23.5 Å². The first kappa shape index (κ1) is 26.4. The summed E-state index contributed by atoms with van der Waals surface area (Å²) in [5.74, 6) is -1.78. The number of likely N-dealkylation sites (tertiary alicyclic amines) is 1. The van der Waals surface area contributed by atoms with Gasteiger partial charge in [0.1, 0.15) is 0 Å². The van der Waals surface area contributed by atoms with Gasteiger partial charge in [0.25, 0.3) is 5.91 Å². The number of carbonyl (C=O) groups is 2. The molecule has 1 aliphatic heterocycles. The van der Waals surface area contributed by atoms with Crippen LogP contribution in [-0.2, 0) is 15.0 Å². The molecule has 0 spiro atoms. The van der Waals surface area contributed by atoms with Crippen molar-refractivity contribution in [2.75, 3.05) is 27.2 Å². The van der Waals surface area contributed by atoms with Gasteiger partial charge in [-0.05, 0) is 35.6 Å². The number of nitrogens with zero attached hydrogens (tertiary/aromatic N) is 3. The molecule has 37 heavy (non-hydrogen) atoms. The summed E-state index contributed by atoms with van der Waals surface area (Å²) in [5.41, 5.74) is 3.64. The van der Waals surface area contributed by atoms with Gasteiger partial charge in [-0.1, -0.05) is 69.0 Å². The van der Waals surface area contributed by atoms with E-state index in [0.717, 1.165) is 29.8 Å². The SMILES string of the molecule is Cc1c(C([O-])=C2C(=O)C(=O)N(CCC[NH+](C)C)C2c2ccc(C(C)(C)C)cc2)cnn1-c1ccccc1. The zero-order valence-electron chi connectivity index (χ0n) is 22.5. The average molecular weight is 501 g/mol. The van der Waals surface area contributed by atoms with E-state index in [1.165, 1.54) is 11.1 Å². The number of carbonyl (C=O) groups excluding carboxylic acids is 2. The van der Waals surface area contributed by atoms with Crippen LogP contribution in [0.1, 0.15) is 55.6 Å². The Morgan fingerprint density at radius 2 is 1.68 bits per heavy atom. The molecule has 1 amide bonds. The molecule has 1 fully saturated rings. The van der Waals surface area contributed by atoms with Gasteiger partial charge in [0.15, 0.2) is 0 Å². The van der Waals surface area contributed by atoms with E-state index >= 15 is 0 Å². The van der Waals surface area contributed by atoms with Crippen LogP contribution in [0.25, 0.3) is 11.4 Å². The Labute approximate surface area is 219 Å². The molecule has 2 aromatic carbocycles.